The van der Waals surface area contributed by atoms with Gasteiger partial charge in [0.25, 0.3) is 5.56 Å². The zero-order valence-corrected chi connectivity index (χ0v) is 24.1. The lowest BCUT2D eigenvalue weighted by atomic mass is 10.1. The number of rotatable bonds is 12. The first-order valence-electron chi connectivity index (χ1n) is 13.1. The van der Waals surface area contributed by atoms with Crippen LogP contribution in [0.3, 0.4) is 0 Å². The Morgan fingerprint density at radius 2 is 1.74 bits per heavy atom. The van der Waals surface area contributed by atoms with Crippen LogP contribution in [-0.4, -0.2) is 56.8 Å². The maximum absolute atomic E-state index is 13.2. The summed E-state index contributed by atoms with van der Waals surface area (Å²) in [5.41, 5.74) is -0.00637. The van der Waals surface area contributed by atoms with Gasteiger partial charge in [0, 0.05) is 12.8 Å². The number of ketones is 1. The standard InChI is InChI=1S/C29H26Cl2N4O8/c30-17-7-4-8-18(31)26(17)29(42)43-15-22(36)19(13-25(38)39)34-27(40)21-10-11-23-32-14-20(28(41)35(21)23)33-24(37)12-9-16-5-2-1-3-6-16/h1-8,14,19,21H,9-13,15H2,(H,33,37)(H,34,40)(H,38,39)/t19-,21-/m0/s1. The normalized spacial score (nSPS) is 14.3. The summed E-state index contributed by atoms with van der Waals surface area (Å²) in [4.78, 5) is 79.9. The van der Waals surface area contributed by atoms with Crippen LogP contribution >= 0.6 is 23.2 Å². The summed E-state index contributed by atoms with van der Waals surface area (Å²) < 4.78 is 6.11. The van der Waals surface area contributed by atoms with Crippen LogP contribution in [0.25, 0.3) is 0 Å². The van der Waals surface area contributed by atoms with E-state index in [1.165, 1.54) is 24.4 Å². The molecule has 2 atom stereocenters. The first kappa shape index (κ1) is 31.4. The Morgan fingerprint density at radius 3 is 2.42 bits per heavy atom. The van der Waals surface area contributed by atoms with E-state index in [1.54, 1.807) is 0 Å². The lowest BCUT2D eigenvalue weighted by Gasteiger charge is -2.20. The van der Waals surface area contributed by atoms with Crippen molar-refractivity contribution in [1.82, 2.24) is 14.9 Å². The number of ether oxygens (including phenoxy) is 1. The summed E-state index contributed by atoms with van der Waals surface area (Å²) >= 11 is 12.0. The van der Waals surface area contributed by atoms with Gasteiger partial charge in [0.15, 0.2) is 12.4 Å². The predicted octanol–water partition coefficient (Wildman–Crippen LogP) is 2.99. The molecule has 43 heavy (non-hydrogen) atoms. The van der Waals surface area contributed by atoms with Crippen LogP contribution < -0.4 is 16.2 Å². The number of carbonyl (C=O) groups excluding carboxylic acids is 4. The second-order valence-electron chi connectivity index (χ2n) is 9.65. The number of benzene rings is 2. The third-order valence-corrected chi connectivity index (χ3v) is 7.31. The molecule has 0 spiro atoms. The Hall–Kier alpha value is -4.55. The highest BCUT2D eigenvalue weighted by molar-refractivity contribution is 6.39. The van der Waals surface area contributed by atoms with Gasteiger partial charge in [0.05, 0.1) is 28.2 Å². The van der Waals surface area contributed by atoms with Crippen molar-refractivity contribution in [3.8, 4) is 0 Å². The van der Waals surface area contributed by atoms with Crippen molar-refractivity contribution in [3.63, 3.8) is 0 Å². The number of nitrogens with one attached hydrogen (secondary N) is 2. The Kier molecular flexibility index (Phi) is 10.3. The quantitative estimate of drug-likeness (QED) is 0.255. The monoisotopic (exact) mass is 628 g/mol. The van der Waals surface area contributed by atoms with Crippen molar-refractivity contribution in [1.29, 1.82) is 0 Å². The smallest absolute Gasteiger partial charge is 0.341 e. The maximum Gasteiger partial charge on any atom is 0.341 e. The fourth-order valence-electron chi connectivity index (χ4n) is 4.54. The molecule has 3 N–H and O–H groups in total. The van der Waals surface area contributed by atoms with Gasteiger partial charge >= 0.3 is 11.9 Å². The van der Waals surface area contributed by atoms with Gasteiger partial charge in [0.1, 0.15) is 23.6 Å². The summed E-state index contributed by atoms with van der Waals surface area (Å²) in [5.74, 6) is -4.25. The van der Waals surface area contributed by atoms with E-state index in [2.05, 4.69) is 15.6 Å². The Morgan fingerprint density at radius 1 is 1.05 bits per heavy atom. The van der Waals surface area contributed by atoms with Crippen LogP contribution in [0.15, 0.2) is 59.5 Å². The molecule has 2 heterocycles. The maximum atomic E-state index is 13.2. The third-order valence-electron chi connectivity index (χ3n) is 6.68. The van der Waals surface area contributed by atoms with E-state index in [4.69, 9.17) is 27.9 Å². The number of Topliss-reactive ketones (excluding diaryl/α,β-unsaturated/α-hetero) is 1. The highest BCUT2D eigenvalue weighted by atomic mass is 35.5. The molecule has 0 bridgehead atoms. The molecule has 1 aliphatic rings. The van der Waals surface area contributed by atoms with Gasteiger partial charge in [0.2, 0.25) is 11.8 Å². The van der Waals surface area contributed by atoms with Crippen LogP contribution in [0.1, 0.15) is 47.1 Å². The summed E-state index contributed by atoms with van der Waals surface area (Å²) in [6.07, 6.45) is 1.39. The van der Waals surface area contributed by atoms with E-state index < -0.39 is 60.2 Å². The number of hydrogen-bond donors (Lipinski definition) is 3. The number of esters is 1. The van der Waals surface area contributed by atoms with E-state index in [0.29, 0.717) is 12.2 Å². The molecule has 0 aliphatic carbocycles. The fourth-order valence-corrected chi connectivity index (χ4v) is 5.10. The number of anilines is 1. The zero-order chi connectivity index (χ0) is 31.1. The number of aryl methyl sites for hydroxylation is 2. The number of aromatic nitrogens is 2. The highest BCUT2D eigenvalue weighted by Crippen LogP contribution is 2.26. The minimum atomic E-state index is -1.58. The second-order valence-corrected chi connectivity index (χ2v) is 10.5. The van der Waals surface area contributed by atoms with Crippen molar-refractivity contribution in [2.24, 2.45) is 0 Å². The molecule has 0 saturated carbocycles. The number of carboxylic acid groups (broad SMARTS) is 1. The average Bonchev–Trinajstić information content (AvgIpc) is 3.41. The van der Waals surface area contributed by atoms with E-state index in [9.17, 15) is 33.9 Å². The predicted molar refractivity (Wildman–Crippen MR) is 155 cm³/mol. The minimum Gasteiger partial charge on any atom is -0.481 e. The molecule has 224 valence electrons. The lowest BCUT2D eigenvalue weighted by Crippen LogP contribution is -2.47. The molecule has 3 aromatic rings. The summed E-state index contributed by atoms with van der Waals surface area (Å²) in [7, 11) is 0. The number of halogens is 2. The number of fused-ring (bicyclic) bond motifs is 1. The van der Waals surface area contributed by atoms with Crippen LogP contribution in [0.4, 0.5) is 5.69 Å². The molecular formula is C29H26Cl2N4O8. The van der Waals surface area contributed by atoms with E-state index >= 15 is 0 Å². The lowest BCUT2D eigenvalue weighted by molar-refractivity contribution is -0.141. The number of carboxylic acids is 1. The first-order chi connectivity index (χ1) is 20.5. The number of nitrogens with zero attached hydrogens (tertiary/aromatic N) is 2. The van der Waals surface area contributed by atoms with Crippen molar-refractivity contribution >= 4 is 58.4 Å². The summed E-state index contributed by atoms with van der Waals surface area (Å²) in [5, 5.41) is 14.2. The van der Waals surface area contributed by atoms with Crippen molar-refractivity contribution in [3.05, 3.63) is 92.1 Å². The molecule has 0 unspecified atom stereocenters. The summed E-state index contributed by atoms with van der Waals surface area (Å²) in [6, 6.07) is 10.9. The van der Waals surface area contributed by atoms with E-state index in [1.807, 2.05) is 30.3 Å². The van der Waals surface area contributed by atoms with E-state index in [-0.39, 0.29) is 40.6 Å². The van der Waals surface area contributed by atoms with Gasteiger partial charge in [-0.25, -0.2) is 9.78 Å². The van der Waals surface area contributed by atoms with Crippen molar-refractivity contribution in [2.75, 3.05) is 11.9 Å². The van der Waals surface area contributed by atoms with Gasteiger partial charge in [-0.15, -0.1) is 0 Å². The Labute approximate surface area is 255 Å². The Bertz CT molecular complexity index is 1610. The third kappa shape index (κ3) is 7.85. The molecule has 1 aliphatic heterocycles. The van der Waals surface area contributed by atoms with Crippen LogP contribution in [-0.2, 0) is 36.8 Å². The van der Waals surface area contributed by atoms with Gasteiger partial charge in [-0.1, -0.05) is 59.6 Å². The Balaban J connectivity index is 1.43. The average molecular weight is 629 g/mol. The highest BCUT2D eigenvalue weighted by Gasteiger charge is 2.34. The number of carbonyl (C=O) groups is 5. The first-order valence-corrected chi connectivity index (χ1v) is 13.9. The van der Waals surface area contributed by atoms with E-state index in [0.717, 1.165) is 10.1 Å². The van der Waals surface area contributed by atoms with Gasteiger partial charge in [-0.3, -0.25) is 28.5 Å². The fraction of sp³-hybridized carbons (Fsp3) is 0.276. The van der Waals surface area contributed by atoms with Crippen LogP contribution in [0.5, 0.6) is 0 Å². The molecule has 4 rings (SSSR count). The number of hydrogen-bond acceptors (Lipinski definition) is 8. The molecule has 2 amide bonds. The van der Waals surface area contributed by atoms with Gasteiger partial charge < -0.3 is 20.5 Å². The van der Waals surface area contributed by atoms with Crippen LogP contribution in [0.2, 0.25) is 10.0 Å². The van der Waals surface area contributed by atoms with Crippen molar-refractivity contribution in [2.45, 2.75) is 44.2 Å². The molecule has 0 radical (unpaired) electrons. The zero-order valence-electron chi connectivity index (χ0n) is 22.5. The molecular weight excluding hydrogens is 603 g/mol. The van der Waals surface area contributed by atoms with Crippen LogP contribution in [0, 0.1) is 0 Å². The minimum absolute atomic E-state index is 0.00830. The molecule has 14 heteroatoms. The second kappa shape index (κ2) is 14.1. The SMILES string of the molecule is O=C(O)C[C@H](NC(=O)[C@@H]1CCc2ncc(NC(=O)CCc3ccccc3)c(=O)n21)C(=O)COC(=O)c1c(Cl)cccc1Cl. The molecule has 12 nitrogen and oxygen atoms in total. The van der Waals surface area contributed by atoms with Crippen molar-refractivity contribution < 1.29 is 33.8 Å². The molecule has 2 aromatic carbocycles. The number of amides is 2. The van der Waals surface area contributed by atoms with Gasteiger partial charge in [-0.05, 0) is 30.5 Å². The molecule has 1 aromatic heterocycles. The topological polar surface area (TPSA) is 174 Å². The summed E-state index contributed by atoms with van der Waals surface area (Å²) in [6.45, 7) is -0.874. The molecule has 0 saturated heterocycles. The number of aliphatic carboxylic acids is 1. The van der Waals surface area contributed by atoms with Gasteiger partial charge in [-0.2, -0.15) is 0 Å². The molecule has 0 fully saturated rings. The largest absolute Gasteiger partial charge is 0.481 e.